The van der Waals surface area contributed by atoms with Crippen LogP contribution in [0.15, 0.2) is 84.4 Å². The SMILES string of the molecule is CN(C)CCNC(=O)c1cccc(-c2ccc3c(c2)C(=O)N([C@@H](C(=O)Nc2nccs2)c2ccccc2)C3)c1. The molecule has 0 radical (unpaired) electrons. The summed E-state index contributed by atoms with van der Waals surface area (Å²) in [7, 11) is 3.91. The third-order valence-corrected chi connectivity index (χ3v) is 7.27. The molecule has 39 heavy (non-hydrogen) atoms. The molecule has 0 aliphatic carbocycles. The zero-order valence-electron chi connectivity index (χ0n) is 21.8. The van der Waals surface area contributed by atoms with Gasteiger partial charge >= 0.3 is 0 Å². The van der Waals surface area contributed by atoms with Crippen LogP contribution in [0.25, 0.3) is 11.1 Å². The van der Waals surface area contributed by atoms with E-state index in [1.165, 1.54) is 11.3 Å². The monoisotopic (exact) mass is 539 g/mol. The maximum atomic E-state index is 13.7. The van der Waals surface area contributed by atoms with Crippen LogP contribution in [-0.4, -0.2) is 59.7 Å². The van der Waals surface area contributed by atoms with Crippen molar-refractivity contribution >= 4 is 34.2 Å². The molecule has 0 saturated carbocycles. The average molecular weight is 540 g/mol. The molecule has 9 heteroatoms. The molecule has 1 atom stereocenters. The normalized spacial score (nSPS) is 13.3. The molecule has 2 N–H and O–H groups in total. The number of nitrogens with one attached hydrogen (secondary N) is 2. The van der Waals surface area contributed by atoms with Crippen molar-refractivity contribution in [3.05, 3.63) is 107 Å². The van der Waals surface area contributed by atoms with E-state index in [2.05, 4.69) is 15.6 Å². The van der Waals surface area contributed by atoms with Crippen LogP contribution in [0.1, 0.15) is 37.9 Å². The Morgan fingerprint density at radius 2 is 1.82 bits per heavy atom. The van der Waals surface area contributed by atoms with E-state index < -0.39 is 6.04 Å². The molecule has 3 aromatic carbocycles. The minimum atomic E-state index is -0.812. The van der Waals surface area contributed by atoms with Gasteiger partial charge in [-0.1, -0.05) is 54.6 Å². The fourth-order valence-corrected chi connectivity index (χ4v) is 5.15. The molecular weight excluding hydrogens is 510 g/mol. The topological polar surface area (TPSA) is 94.6 Å². The summed E-state index contributed by atoms with van der Waals surface area (Å²) in [5, 5.41) is 8.06. The number of rotatable bonds is 9. The minimum Gasteiger partial charge on any atom is -0.351 e. The van der Waals surface area contributed by atoms with E-state index in [1.54, 1.807) is 22.5 Å². The summed E-state index contributed by atoms with van der Waals surface area (Å²) in [5.74, 6) is -0.669. The van der Waals surface area contributed by atoms with Crippen LogP contribution in [0.4, 0.5) is 5.13 Å². The third-order valence-electron chi connectivity index (χ3n) is 6.58. The summed E-state index contributed by atoms with van der Waals surface area (Å²) in [5.41, 5.74) is 4.35. The molecule has 5 rings (SSSR count). The van der Waals surface area contributed by atoms with Crippen LogP contribution in [-0.2, 0) is 11.3 Å². The number of amides is 3. The number of likely N-dealkylation sites (N-methyl/N-ethyl adjacent to an activating group) is 1. The lowest BCUT2D eigenvalue weighted by molar-refractivity contribution is -0.120. The highest BCUT2D eigenvalue weighted by Crippen LogP contribution is 2.35. The Morgan fingerprint density at radius 1 is 1.03 bits per heavy atom. The predicted octanol–water partition coefficient (Wildman–Crippen LogP) is 4.44. The molecule has 1 aliphatic rings. The summed E-state index contributed by atoms with van der Waals surface area (Å²) in [6, 6.07) is 21.6. The Morgan fingerprint density at radius 3 is 2.56 bits per heavy atom. The standard InChI is InChI=1S/C30H29N5O3S/c1-34(2)15-13-31-27(36)23-10-6-9-21(17-23)22-11-12-24-19-35(29(38)25(24)18-22)26(20-7-4-3-5-8-20)28(37)33-30-32-14-16-39-30/h3-12,14,16-18,26H,13,15,19H2,1-2H3,(H,31,36)(H,32,33,37)/t26-/m1/s1. The summed E-state index contributed by atoms with van der Waals surface area (Å²) in [6.07, 6.45) is 1.62. The van der Waals surface area contributed by atoms with Crippen LogP contribution in [0, 0.1) is 0 Å². The number of carbonyl (C=O) groups excluding carboxylic acids is 3. The zero-order valence-corrected chi connectivity index (χ0v) is 22.6. The van der Waals surface area contributed by atoms with Gasteiger partial charge in [-0.2, -0.15) is 0 Å². The van der Waals surface area contributed by atoms with Crippen molar-refractivity contribution in [3.8, 4) is 11.1 Å². The van der Waals surface area contributed by atoms with Gasteiger partial charge in [-0.3, -0.25) is 19.7 Å². The Balaban J connectivity index is 1.39. The van der Waals surface area contributed by atoms with E-state index in [-0.39, 0.29) is 17.7 Å². The first-order chi connectivity index (χ1) is 18.9. The predicted molar refractivity (Wildman–Crippen MR) is 153 cm³/mol. The highest BCUT2D eigenvalue weighted by Gasteiger charge is 2.37. The van der Waals surface area contributed by atoms with Gasteiger partial charge in [-0.05, 0) is 54.5 Å². The number of hydrogen-bond acceptors (Lipinski definition) is 6. The Hall–Kier alpha value is -4.34. The maximum Gasteiger partial charge on any atom is 0.255 e. The molecule has 0 spiro atoms. The summed E-state index contributed by atoms with van der Waals surface area (Å²) >= 11 is 1.33. The van der Waals surface area contributed by atoms with Crippen molar-refractivity contribution in [2.45, 2.75) is 12.6 Å². The molecule has 198 valence electrons. The van der Waals surface area contributed by atoms with Crippen molar-refractivity contribution < 1.29 is 14.4 Å². The highest BCUT2D eigenvalue weighted by atomic mass is 32.1. The lowest BCUT2D eigenvalue weighted by Crippen LogP contribution is -2.37. The first-order valence-electron chi connectivity index (χ1n) is 12.6. The molecule has 0 saturated heterocycles. The number of aromatic nitrogens is 1. The van der Waals surface area contributed by atoms with Crippen LogP contribution in [0.3, 0.4) is 0 Å². The van der Waals surface area contributed by atoms with Gasteiger partial charge in [0.05, 0.1) is 0 Å². The van der Waals surface area contributed by atoms with Gasteiger partial charge in [-0.25, -0.2) is 4.98 Å². The summed E-state index contributed by atoms with van der Waals surface area (Å²) in [6.45, 7) is 1.62. The number of thiazole rings is 1. The average Bonchev–Trinajstić information content (AvgIpc) is 3.57. The lowest BCUT2D eigenvalue weighted by Gasteiger charge is -2.27. The Kier molecular flexibility index (Phi) is 7.81. The molecule has 4 aromatic rings. The smallest absolute Gasteiger partial charge is 0.255 e. The fourth-order valence-electron chi connectivity index (χ4n) is 4.61. The maximum absolute atomic E-state index is 13.7. The van der Waals surface area contributed by atoms with Crippen molar-refractivity contribution in [2.24, 2.45) is 0 Å². The Bertz CT molecular complexity index is 1490. The number of hydrogen-bond donors (Lipinski definition) is 2. The van der Waals surface area contributed by atoms with Crippen molar-refractivity contribution in [1.29, 1.82) is 0 Å². The largest absolute Gasteiger partial charge is 0.351 e. The summed E-state index contributed by atoms with van der Waals surface area (Å²) in [4.78, 5) is 47.5. The van der Waals surface area contributed by atoms with Crippen LogP contribution in [0.2, 0.25) is 0 Å². The van der Waals surface area contributed by atoms with Crippen LogP contribution < -0.4 is 10.6 Å². The van der Waals surface area contributed by atoms with E-state index in [0.717, 1.165) is 28.8 Å². The fraction of sp³-hybridized carbons (Fsp3) is 0.200. The molecule has 1 aromatic heterocycles. The minimum absolute atomic E-state index is 0.140. The van der Waals surface area contributed by atoms with Crippen LogP contribution in [0.5, 0.6) is 0 Å². The van der Waals surface area contributed by atoms with Gasteiger partial charge in [0.25, 0.3) is 17.7 Å². The molecule has 8 nitrogen and oxygen atoms in total. The van der Waals surface area contributed by atoms with Crippen molar-refractivity contribution in [3.63, 3.8) is 0 Å². The van der Waals surface area contributed by atoms with Gasteiger partial charge < -0.3 is 15.1 Å². The van der Waals surface area contributed by atoms with E-state index in [1.807, 2.05) is 85.7 Å². The second kappa shape index (κ2) is 11.6. The van der Waals surface area contributed by atoms with E-state index in [0.29, 0.717) is 29.3 Å². The van der Waals surface area contributed by atoms with E-state index in [4.69, 9.17) is 0 Å². The molecule has 0 bridgehead atoms. The van der Waals surface area contributed by atoms with Gasteiger partial charge in [0.15, 0.2) is 5.13 Å². The lowest BCUT2D eigenvalue weighted by atomic mass is 9.99. The van der Waals surface area contributed by atoms with Gasteiger partial charge in [0.1, 0.15) is 6.04 Å². The van der Waals surface area contributed by atoms with E-state index in [9.17, 15) is 14.4 Å². The van der Waals surface area contributed by atoms with Gasteiger partial charge in [0.2, 0.25) is 0 Å². The molecule has 3 amide bonds. The second-order valence-corrected chi connectivity index (χ2v) is 10.5. The number of anilines is 1. The Labute approximate surface area is 231 Å². The first kappa shape index (κ1) is 26.3. The van der Waals surface area contributed by atoms with E-state index >= 15 is 0 Å². The number of carbonyl (C=O) groups is 3. The van der Waals surface area contributed by atoms with Gasteiger partial charge in [-0.15, -0.1) is 11.3 Å². The summed E-state index contributed by atoms with van der Waals surface area (Å²) < 4.78 is 0. The second-order valence-electron chi connectivity index (χ2n) is 9.58. The first-order valence-corrected chi connectivity index (χ1v) is 13.5. The molecule has 2 heterocycles. The van der Waals surface area contributed by atoms with Gasteiger partial charge in [0, 0.05) is 42.3 Å². The number of benzene rings is 3. The third kappa shape index (κ3) is 5.89. The molecule has 0 unspecified atom stereocenters. The van der Waals surface area contributed by atoms with Crippen LogP contribution >= 0.6 is 11.3 Å². The molecule has 1 aliphatic heterocycles. The van der Waals surface area contributed by atoms with Crippen molar-refractivity contribution in [2.75, 3.05) is 32.5 Å². The zero-order chi connectivity index (χ0) is 27.4. The van der Waals surface area contributed by atoms with Crippen molar-refractivity contribution in [1.82, 2.24) is 20.1 Å². The number of nitrogens with zero attached hydrogens (tertiary/aromatic N) is 3. The molecule has 0 fully saturated rings. The quantitative estimate of drug-likeness (QED) is 0.328. The highest BCUT2D eigenvalue weighted by molar-refractivity contribution is 7.13. The number of fused-ring (bicyclic) bond motifs is 1. The molecular formula is C30H29N5O3S.